The molecule has 11 rings (SSSR count). The van der Waals surface area contributed by atoms with Crippen molar-refractivity contribution in [3.05, 3.63) is 234 Å². The molecule has 0 N–H and O–H groups in total. The fraction of sp³-hybridized carbons (Fsp3) is 0.0727. The van der Waals surface area contributed by atoms with Crippen LogP contribution >= 0.6 is 0 Å². The summed E-state index contributed by atoms with van der Waals surface area (Å²) in [5.74, 6) is 1.92. The predicted octanol–water partition coefficient (Wildman–Crippen LogP) is 13.2. The average molecular weight is 742 g/mol. The summed E-state index contributed by atoms with van der Waals surface area (Å²) in [4.78, 5) is 16.1. The number of aromatic nitrogens is 3. The van der Waals surface area contributed by atoms with E-state index in [1.165, 1.54) is 44.5 Å². The van der Waals surface area contributed by atoms with Gasteiger partial charge < -0.3 is 0 Å². The van der Waals surface area contributed by atoms with E-state index in [-0.39, 0.29) is 5.41 Å². The first kappa shape index (κ1) is 34.1. The van der Waals surface area contributed by atoms with Gasteiger partial charge in [-0.05, 0) is 78.9 Å². The van der Waals surface area contributed by atoms with Gasteiger partial charge in [0, 0.05) is 22.1 Å². The molecule has 1 heterocycles. The van der Waals surface area contributed by atoms with Crippen LogP contribution in [-0.2, 0) is 10.8 Å². The molecule has 58 heavy (non-hydrogen) atoms. The molecule has 274 valence electrons. The first-order chi connectivity index (χ1) is 28.5. The third-order valence-electron chi connectivity index (χ3n) is 12.4. The van der Waals surface area contributed by atoms with Gasteiger partial charge in [-0.1, -0.05) is 202 Å². The zero-order valence-electron chi connectivity index (χ0n) is 32.4. The topological polar surface area (TPSA) is 38.7 Å². The second-order valence-corrected chi connectivity index (χ2v) is 15.9. The molecule has 0 amide bonds. The molecule has 2 aliphatic rings. The smallest absolute Gasteiger partial charge is 0.164 e. The molecule has 0 atom stereocenters. The summed E-state index contributed by atoms with van der Waals surface area (Å²) in [7, 11) is 0. The molecule has 0 unspecified atom stereocenters. The van der Waals surface area contributed by atoms with Crippen LogP contribution in [0.3, 0.4) is 0 Å². The van der Waals surface area contributed by atoms with Crippen LogP contribution in [0.5, 0.6) is 0 Å². The van der Waals surface area contributed by atoms with Crippen molar-refractivity contribution in [2.45, 2.75) is 24.7 Å². The second kappa shape index (κ2) is 13.2. The summed E-state index contributed by atoms with van der Waals surface area (Å²) in [6, 6.07) is 71.8. The van der Waals surface area contributed by atoms with Crippen LogP contribution in [0.2, 0.25) is 0 Å². The Hall–Kier alpha value is -7.23. The normalized spacial score (nSPS) is 14.0. The highest BCUT2D eigenvalue weighted by molar-refractivity contribution is 5.96. The maximum atomic E-state index is 5.46. The van der Waals surface area contributed by atoms with E-state index in [0.29, 0.717) is 17.5 Å². The Bertz CT molecular complexity index is 2970. The zero-order chi connectivity index (χ0) is 38.8. The van der Waals surface area contributed by atoms with E-state index in [1.807, 2.05) is 18.2 Å². The third-order valence-corrected chi connectivity index (χ3v) is 12.4. The summed E-state index contributed by atoms with van der Waals surface area (Å²) in [6.45, 7) is 4.73. The van der Waals surface area contributed by atoms with Crippen molar-refractivity contribution in [2.75, 3.05) is 0 Å². The van der Waals surface area contributed by atoms with Gasteiger partial charge >= 0.3 is 0 Å². The molecule has 0 radical (unpaired) electrons. The molecule has 0 fully saturated rings. The van der Waals surface area contributed by atoms with E-state index in [0.717, 1.165) is 38.9 Å². The van der Waals surface area contributed by atoms with Gasteiger partial charge in [-0.3, -0.25) is 0 Å². The molecule has 8 aromatic carbocycles. The van der Waals surface area contributed by atoms with Crippen molar-refractivity contribution >= 4 is 0 Å². The van der Waals surface area contributed by atoms with Crippen molar-refractivity contribution in [2.24, 2.45) is 0 Å². The van der Waals surface area contributed by atoms with E-state index in [2.05, 4.69) is 196 Å². The van der Waals surface area contributed by atoms with Crippen LogP contribution in [-0.4, -0.2) is 15.0 Å². The summed E-state index contributed by atoms with van der Waals surface area (Å²) in [5, 5.41) is 0. The van der Waals surface area contributed by atoms with Gasteiger partial charge in [0.05, 0.1) is 5.41 Å². The SMILES string of the molecule is CC1(C)c2ccccc2C2(c3ccccc3-c3c(-c4nc(-c5ccccc5)nc(-c5ccc(-c6ccccc6)cc5-c5ccccc5)n4)cccc32)c2ccccc21. The predicted molar refractivity (Wildman–Crippen MR) is 236 cm³/mol. The number of fused-ring (bicyclic) bond motifs is 9. The Balaban J connectivity index is 1.20. The van der Waals surface area contributed by atoms with Crippen LogP contribution in [0, 0.1) is 0 Å². The first-order valence-electron chi connectivity index (χ1n) is 20.0. The molecule has 0 aliphatic heterocycles. The third kappa shape index (κ3) is 5.03. The Morgan fingerprint density at radius 2 is 0.759 bits per heavy atom. The number of hydrogen-bond acceptors (Lipinski definition) is 3. The standard InChI is InChI=1S/C55H39N3/c1-54(2)45-28-14-16-30-47(45)55(48-31-17-15-29-46(48)54)44-27-13-12-25-41(44)50-42(26-18-32-49(50)55)53-57-51(38-23-10-5-11-24-38)56-52(58-53)40-34-33-39(36-19-6-3-7-20-36)35-43(40)37-21-8-4-9-22-37/h3-35H,1-2H3. The molecular weight excluding hydrogens is 703 g/mol. The van der Waals surface area contributed by atoms with Crippen molar-refractivity contribution in [3.63, 3.8) is 0 Å². The van der Waals surface area contributed by atoms with Crippen LogP contribution in [0.4, 0.5) is 0 Å². The molecule has 1 aromatic heterocycles. The van der Waals surface area contributed by atoms with E-state index < -0.39 is 5.41 Å². The maximum Gasteiger partial charge on any atom is 0.164 e. The van der Waals surface area contributed by atoms with E-state index >= 15 is 0 Å². The van der Waals surface area contributed by atoms with Crippen molar-refractivity contribution in [1.29, 1.82) is 0 Å². The Morgan fingerprint density at radius 1 is 0.293 bits per heavy atom. The Kier molecular flexibility index (Phi) is 7.74. The number of hydrogen-bond donors (Lipinski definition) is 0. The van der Waals surface area contributed by atoms with Gasteiger partial charge in [0.15, 0.2) is 17.5 Å². The minimum atomic E-state index is -0.517. The van der Waals surface area contributed by atoms with Gasteiger partial charge in [0.2, 0.25) is 0 Å². The van der Waals surface area contributed by atoms with Crippen LogP contribution in [0.1, 0.15) is 47.2 Å². The second-order valence-electron chi connectivity index (χ2n) is 15.9. The van der Waals surface area contributed by atoms with Gasteiger partial charge in [0.1, 0.15) is 0 Å². The molecule has 9 aromatic rings. The van der Waals surface area contributed by atoms with E-state index in [1.54, 1.807) is 0 Å². The number of rotatable bonds is 5. The summed E-state index contributed by atoms with van der Waals surface area (Å²) >= 11 is 0. The summed E-state index contributed by atoms with van der Waals surface area (Å²) in [6.07, 6.45) is 0. The van der Waals surface area contributed by atoms with E-state index in [9.17, 15) is 0 Å². The average Bonchev–Trinajstić information content (AvgIpc) is 3.60. The summed E-state index contributed by atoms with van der Waals surface area (Å²) in [5.41, 5.74) is 16.9. The Morgan fingerprint density at radius 3 is 1.40 bits per heavy atom. The lowest BCUT2D eigenvalue weighted by molar-refractivity contribution is 0.563. The summed E-state index contributed by atoms with van der Waals surface area (Å²) < 4.78 is 0. The molecule has 0 saturated heterocycles. The first-order valence-corrected chi connectivity index (χ1v) is 20.0. The molecule has 3 nitrogen and oxygen atoms in total. The quantitative estimate of drug-likeness (QED) is 0.176. The fourth-order valence-corrected chi connectivity index (χ4v) is 9.83. The minimum absolute atomic E-state index is 0.173. The largest absolute Gasteiger partial charge is 0.208 e. The Labute approximate surface area is 339 Å². The lowest BCUT2D eigenvalue weighted by Gasteiger charge is -2.46. The van der Waals surface area contributed by atoms with Crippen molar-refractivity contribution in [1.82, 2.24) is 15.0 Å². The molecule has 0 saturated carbocycles. The molecule has 2 aliphatic carbocycles. The lowest BCUT2D eigenvalue weighted by atomic mass is 9.55. The monoisotopic (exact) mass is 741 g/mol. The lowest BCUT2D eigenvalue weighted by Crippen LogP contribution is -2.40. The van der Waals surface area contributed by atoms with Gasteiger partial charge in [0.25, 0.3) is 0 Å². The highest BCUT2D eigenvalue weighted by Gasteiger charge is 2.53. The fourth-order valence-electron chi connectivity index (χ4n) is 9.83. The maximum absolute atomic E-state index is 5.46. The zero-order valence-corrected chi connectivity index (χ0v) is 32.4. The highest BCUT2D eigenvalue weighted by Crippen LogP contribution is 2.63. The molecular formula is C55H39N3. The van der Waals surface area contributed by atoms with Gasteiger partial charge in [-0.25, -0.2) is 15.0 Å². The van der Waals surface area contributed by atoms with Crippen molar-refractivity contribution < 1.29 is 0 Å². The van der Waals surface area contributed by atoms with E-state index in [4.69, 9.17) is 15.0 Å². The van der Waals surface area contributed by atoms with Crippen LogP contribution < -0.4 is 0 Å². The molecule has 0 bridgehead atoms. The van der Waals surface area contributed by atoms with Crippen molar-refractivity contribution in [3.8, 4) is 67.5 Å². The van der Waals surface area contributed by atoms with Crippen LogP contribution in [0.15, 0.2) is 200 Å². The number of nitrogens with zero attached hydrogens (tertiary/aromatic N) is 3. The van der Waals surface area contributed by atoms with Gasteiger partial charge in [-0.15, -0.1) is 0 Å². The molecule has 3 heteroatoms. The van der Waals surface area contributed by atoms with Gasteiger partial charge in [-0.2, -0.15) is 0 Å². The highest BCUT2D eigenvalue weighted by atomic mass is 15.0. The minimum Gasteiger partial charge on any atom is -0.208 e. The molecule has 1 spiro atoms. The number of benzene rings is 8. The van der Waals surface area contributed by atoms with Crippen LogP contribution in [0.25, 0.3) is 67.5 Å².